The maximum absolute atomic E-state index is 13.4. The fourth-order valence-corrected chi connectivity index (χ4v) is 2.16. The normalized spacial score (nSPS) is 10.1. The van der Waals surface area contributed by atoms with E-state index in [1.807, 2.05) is 12.1 Å². The molecule has 1 nitrogen and oxygen atoms in total. The fraction of sp³-hybridized carbons (Fsp3) is 0.316. The summed E-state index contributed by atoms with van der Waals surface area (Å²) in [6, 6.07) is 10.4. The van der Waals surface area contributed by atoms with E-state index in [-0.39, 0.29) is 5.56 Å². The summed E-state index contributed by atoms with van der Waals surface area (Å²) in [6.07, 6.45) is 6.05. The molecule has 3 heteroatoms. The molecule has 114 valence electrons. The molecule has 0 spiro atoms. The third-order valence-corrected chi connectivity index (χ3v) is 3.43. The lowest BCUT2D eigenvalue weighted by Crippen LogP contribution is -1.92. The van der Waals surface area contributed by atoms with Crippen LogP contribution in [0.25, 0.3) is 0 Å². The Bertz CT molecular complexity index is 666. The van der Waals surface area contributed by atoms with Gasteiger partial charge in [-0.2, -0.15) is 13.8 Å². The maximum Gasteiger partial charge on any atom is 0.231 e. The number of aryl methyl sites for hydroxylation is 1. The van der Waals surface area contributed by atoms with Gasteiger partial charge in [0.05, 0.1) is 5.56 Å². The van der Waals surface area contributed by atoms with E-state index >= 15 is 0 Å². The first-order valence-corrected chi connectivity index (χ1v) is 7.62. The molecule has 1 aromatic carbocycles. The average Bonchev–Trinajstić information content (AvgIpc) is 2.52. The van der Waals surface area contributed by atoms with Gasteiger partial charge >= 0.3 is 0 Å². The zero-order chi connectivity index (χ0) is 15.8. The minimum atomic E-state index is -0.875. The number of rotatable bonds is 5. The van der Waals surface area contributed by atoms with Gasteiger partial charge < -0.3 is 0 Å². The monoisotopic (exact) mass is 299 g/mol. The highest BCUT2D eigenvalue weighted by Gasteiger charge is 2.01. The van der Waals surface area contributed by atoms with Gasteiger partial charge in [0.2, 0.25) is 11.9 Å². The highest BCUT2D eigenvalue weighted by molar-refractivity contribution is 5.42. The summed E-state index contributed by atoms with van der Waals surface area (Å²) in [4.78, 5) is 3.11. The molecule has 1 heterocycles. The molecule has 0 unspecified atom stereocenters. The lowest BCUT2D eigenvalue weighted by molar-refractivity contribution is 0.510. The lowest BCUT2D eigenvalue weighted by Gasteiger charge is -2.01. The summed E-state index contributed by atoms with van der Waals surface area (Å²) in [5, 5.41) is 0. The van der Waals surface area contributed by atoms with Crippen LogP contribution in [0.3, 0.4) is 0 Å². The second-order valence-corrected chi connectivity index (χ2v) is 5.23. The van der Waals surface area contributed by atoms with Crippen LogP contribution in [0, 0.1) is 23.7 Å². The van der Waals surface area contributed by atoms with Gasteiger partial charge in [-0.3, -0.25) is 0 Å². The molecular weight excluding hydrogens is 280 g/mol. The van der Waals surface area contributed by atoms with Gasteiger partial charge in [0.25, 0.3) is 0 Å². The molecule has 0 aliphatic carbocycles. The molecule has 0 atom stereocenters. The number of nitrogens with zero attached hydrogens (tertiary/aromatic N) is 1. The zero-order valence-electron chi connectivity index (χ0n) is 12.7. The molecule has 0 amide bonds. The van der Waals surface area contributed by atoms with Gasteiger partial charge in [0.15, 0.2) is 0 Å². The minimum absolute atomic E-state index is 0.102. The Morgan fingerprint density at radius 3 is 2.36 bits per heavy atom. The molecule has 0 saturated carbocycles. The van der Waals surface area contributed by atoms with Crippen molar-refractivity contribution in [3.05, 3.63) is 65.0 Å². The van der Waals surface area contributed by atoms with Gasteiger partial charge in [-0.1, -0.05) is 50.2 Å². The van der Waals surface area contributed by atoms with Crippen molar-refractivity contribution in [1.29, 1.82) is 0 Å². The van der Waals surface area contributed by atoms with Crippen LogP contribution in [0.15, 0.2) is 36.4 Å². The van der Waals surface area contributed by atoms with Crippen LogP contribution in [0.2, 0.25) is 0 Å². The van der Waals surface area contributed by atoms with E-state index in [2.05, 4.69) is 35.9 Å². The van der Waals surface area contributed by atoms with E-state index in [1.54, 1.807) is 0 Å². The summed E-state index contributed by atoms with van der Waals surface area (Å²) in [5.74, 6) is 3.84. The van der Waals surface area contributed by atoms with Crippen molar-refractivity contribution in [2.24, 2.45) is 0 Å². The van der Waals surface area contributed by atoms with Gasteiger partial charge in [0.1, 0.15) is 0 Å². The molecule has 0 bridgehead atoms. The van der Waals surface area contributed by atoms with Crippen LogP contribution in [0.1, 0.15) is 49.3 Å². The van der Waals surface area contributed by atoms with E-state index in [0.717, 1.165) is 18.1 Å². The Balaban J connectivity index is 1.98. The van der Waals surface area contributed by atoms with Crippen molar-refractivity contribution >= 4 is 0 Å². The first-order valence-electron chi connectivity index (χ1n) is 7.62. The van der Waals surface area contributed by atoms with Gasteiger partial charge in [-0.25, -0.2) is 0 Å². The third kappa shape index (κ3) is 4.96. The zero-order valence-corrected chi connectivity index (χ0v) is 12.7. The largest absolute Gasteiger partial charge is 0.231 e. The summed E-state index contributed by atoms with van der Waals surface area (Å²) >= 11 is 0. The molecule has 0 N–H and O–H groups in total. The van der Waals surface area contributed by atoms with Crippen molar-refractivity contribution in [3.8, 4) is 11.8 Å². The van der Waals surface area contributed by atoms with Gasteiger partial charge in [-0.15, -0.1) is 0 Å². The number of benzene rings is 1. The Kier molecular flexibility index (Phi) is 6.09. The van der Waals surface area contributed by atoms with Crippen molar-refractivity contribution in [2.75, 3.05) is 0 Å². The van der Waals surface area contributed by atoms with Gasteiger partial charge in [-0.05, 0) is 42.7 Å². The molecule has 0 aliphatic heterocycles. The van der Waals surface area contributed by atoms with Crippen molar-refractivity contribution in [2.45, 2.75) is 39.0 Å². The van der Waals surface area contributed by atoms with Crippen molar-refractivity contribution < 1.29 is 8.78 Å². The van der Waals surface area contributed by atoms with Crippen LogP contribution in [0.4, 0.5) is 8.78 Å². The Labute approximate surface area is 130 Å². The number of pyridine rings is 1. The topological polar surface area (TPSA) is 12.9 Å². The lowest BCUT2D eigenvalue weighted by atomic mass is 10.0. The molecular formula is C19H19F2N. The van der Waals surface area contributed by atoms with Gasteiger partial charge in [0, 0.05) is 5.56 Å². The first-order chi connectivity index (χ1) is 10.7. The highest BCUT2D eigenvalue weighted by Crippen LogP contribution is 2.10. The number of aromatic nitrogens is 1. The summed E-state index contributed by atoms with van der Waals surface area (Å²) < 4.78 is 26.1. The van der Waals surface area contributed by atoms with E-state index < -0.39 is 11.9 Å². The number of halogens is 2. The number of hydrogen-bond donors (Lipinski definition) is 0. The van der Waals surface area contributed by atoms with Crippen LogP contribution < -0.4 is 0 Å². The molecule has 0 radical (unpaired) electrons. The Hall–Kier alpha value is -2.21. The molecule has 2 aromatic rings. The van der Waals surface area contributed by atoms with Crippen molar-refractivity contribution in [3.63, 3.8) is 0 Å². The van der Waals surface area contributed by atoms with Crippen molar-refractivity contribution in [1.82, 2.24) is 4.98 Å². The maximum atomic E-state index is 13.4. The van der Waals surface area contributed by atoms with Crippen LogP contribution in [-0.2, 0) is 6.42 Å². The first kappa shape index (κ1) is 16.2. The summed E-state index contributed by atoms with van der Waals surface area (Å²) in [7, 11) is 0. The standard InChI is InChI=1S/C19H19F2N/c1-2-3-4-5-6-15-7-9-16(10-8-15)11-12-17-13-14-18(20)22-19(17)21/h7-10,13-14H,2-6H2,1H3. The number of unbranched alkanes of at least 4 members (excludes halogenated alkanes) is 3. The van der Waals surface area contributed by atoms with Crippen LogP contribution in [-0.4, -0.2) is 4.98 Å². The Morgan fingerprint density at radius 1 is 0.909 bits per heavy atom. The second-order valence-electron chi connectivity index (χ2n) is 5.23. The molecule has 1 aromatic heterocycles. The van der Waals surface area contributed by atoms with Crippen LogP contribution >= 0.6 is 0 Å². The number of hydrogen-bond acceptors (Lipinski definition) is 1. The molecule has 22 heavy (non-hydrogen) atoms. The molecule has 2 rings (SSSR count). The molecule has 0 saturated heterocycles. The van der Waals surface area contributed by atoms with E-state index in [4.69, 9.17) is 0 Å². The smallest absolute Gasteiger partial charge is 0.189 e. The third-order valence-electron chi connectivity index (χ3n) is 3.43. The average molecular weight is 299 g/mol. The SMILES string of the molecule is CCCCCCc1ccc(C#Cc2ccc(F)nc2F)cc1. The summed E-state index contributed by atoms with van der Waals surface area (Å²) in [5.41, 5.74) is 2.20. The second kappa shape index (κ2) is 8.29. The quantitative estimate of drug-likeness (QED) is 0.435. The predicted octanol–water partition coefficient (Wildman–Crippen LogP) is 4.88. The van der Waals surface area contributed by atoms with Crippen LogP contribution in [0.5, 0.6) is 0 Å². The minimum Gasteiger partial charge on any atom is -0.189 e. The highest BCUT2D eigenvalue weighted by atomic mass is 19.1. The van der Waals surface area contributed by atoms with E-state index in [1.165, 1.54) is 37.3 Å². The fourth-order valence-electron chi connectivity index (χ4n) is 2.16. The molecule has 0 aliphatic rings. The summed E-state index contributed by atoms with van der Waals surface area (Å²) in [6.45, 7) is 2.20. The van der Waals surface area contributed by atoms with E-state index in [0.29, 0.717) is 0 Å². The molecule has 0 fully saturated rings. The van der Waals surface area contributed by atoms with E-state index in [9.17, 15) is 8.78 Å². The predicted molar refractivity (Wildman–Crippen MR) is 84.4 cm³/mol. The Morgan fingerprint density at radius 2 is 1.68 bits per heavy atom.